The van der Waals surface area contributed by atoms with Gasteiger partial charge in [0.15, 0.2) is 0 Å². The first-order valence-electron chi connectivity index (χ1n) is 7.61. The van der Waals surface area contributed by atoms with Crippen molar-refractivity contribution in [1.82, 2.24) is 9.97 Å². The molecule has 3 rings (SSSR count). The Balaban J connectivity index is 1.75. The molecule has 5 heteroatoms. The molecule has 1 N–H and O–H groups in total. The normalized spacial score (nSPS) is 14.0. The van der Waals surface area contributed by atoms with Crippen molar-refractivity contribution >= 4 is 5.82 Å². The Morgan fingerprint density at radius 1 is 1.09 bits per heavy atom. The molecular weight excluding hydrogens is 284 g/mol. The number of fused-ring (bicyclic) bond motifs is 1. The molecule has 0 radical (unpaired) electrons. The lowest BCUT2D eigenvalue weighted by molar-refractivity contribution is 0.151. The van der Waals surface area contributed by atoms with E-state index < -0.39 is 6.43 Å². The number of alkyl halides is 2. The monoisotopic (exact) mass is 303 g/mol. The number of aromatic nitrogens is 2. The number of hydrogen-bond acceptors (Lipinski definition) is 3. The van der Waals surface area contributed by atoms with Crippen molar-refractivity contribution in [3.8, 4) is 0 Å². The number of halogens is 2. The van der Waals surface area contributed by atoms with E-state index in [0.29, 0.717) is 6.54 Å². The maximum absolute atomic E-state index is 12.5. The van der Waals surface area contributed by atoms with Gasteiger partial charge in [0.2, 0.25) is 0 Å². The number of rotatable bonds is 4. The van der Waals surface area contributed by atoms with E-state index in [1.54, 1.807) is 12.1 Å². The first-order valence-corrected chi connectivity index (χ1v) is 7.61. The Hall–Kier alpha value is -2.04. The van der Waals surface area contributed by atoms with Gasteiger partial charge in [-0.05, 0) is 38.2 Å². The average Bonchev–Trinajstić information content (AvgIpc) is 2.52. The van der Waals surface area contributed by atoms with Crippen LogP contribution in [-0.4, -0.2) is 9.97 Å². The van der Waals surface area contributed by atoms with Gasteiger partial charge in [-0.1, -0.05) is 24.3 Å². The van der Waals surface area contributed by atoms with Gasteiger partial charge in [-0.2, -0.15) is 0 Å². The van der Waals surface area contributed by atoms with Gasteiger partial charge in [-0.25, -0.2) is 18.7 Å². The summed E-state index contributed by atoms with van der Waals surface area (Å²) < 4.78 is 25.1. The van der Waals surface area contributed by atoms with Crippen LogP contribution >= 0.6 is 0 Å². The third kappa shape index (κ3) is 3.24. The molecule has 0 fully saturated rings. The van der Waals surface area contributed by atoms with Gasteiger partial charge in [0.05, 0.1) is 0 Å². The Labute approximate surface area is 128 Å². The quantitative estimate of drug-likeness (QED) is 0.919. The Morgan fingerprint density at radius 3 is 2.55 bits per heavy atom. The standard InChI is InChI=1S/C17H19F2N3/c1-11-21-15-5-3-2-4-14(15)17(22-11)20-10-12-6-8-13(9-7-12)16(18)19/h6-9,16H,2-5,10H2,1H3,(H,20,21,22). The molecule has 22 heavy (non-hydrogen) atoms. The SMILES string of the molecule is Cc1nc2c(c(NCc3ccc(C(F)F)cc3)n1)CCCC2. The number of nitrogens with one attached hydrogen (secondary N) is 1. The molecule has 0 bridgehead atoms. The molecule has 1 aromatic heterocycles. The summed E-state index contributed by atoms with van der Waals surface area (Å²) in [5.74, 6) is 1.66. The van der Waals surface area contributed by atoms with Crippen molar-refractivity contribution < 1.29 is 8.78 Å². The number of nitrogens with zero attached hydrogens (tertiary/aromatic N) is 2. The molecule has 0 atom stereocenters. The zero-order valence-corrected chi connectivity index (χ0v) is 12.6. The van der Waals surface area contributed by atoms with Crippen LogP contribution in [0.25, 0.3) is 0 Å². The molecule has 0 unspecified atom stereocenters. The maximum atomic E-state index is 12.5. The summed E-state index contributed by atoms with van der Waals surface area (Å²) in [6.07, 6.45) is 1.94. The lowest BCUT2D eigenvalue weighted by atomic mass is 9.96. The zero-order chi connectivity index (χ0) is 15.5. The summed E-state index contributed by atoms with van der Waals surface area (Å²) in [5.41, 5.74) is 3.37. The first-order chi connectivity index (χ1) is 10.6. The molecule has 1 aromatic carbocycles. The topological polar surface area (TPSA) is 37.8 Å². The number of benzene rings is 1. The molecule has 116 valence electrons. The Kier molecular flexibility index (Phi) is 4.32. The molecule has 0 spiro atoms. The second kappa shape index (κ2) is 6.38. The second-order valence-electron chi connectivity index (χ2n) is 5.65. The van der Waals surface area contributed by atoms with Gasteiger partial charge in [-0.3, -0.25) is 0 Å². The molecule has 0 aliphatic heterocycles. The van der Waals surface area contributed by atoms with Gasteiger partial charge >= 0.3 is 0 Å². The van der Waals surface area contributed by atoms with E-state index in [1.807, 2.05) is 6.92 Å². The summed E-state index contributed by atoms with van der Waals surface area (Å²) in [6.45, 7) is 2.48. The molecule has 3 nitrogen and oxygen atoms in total. The van der Waals surface area contributed by atoms with Crippen molar-refractivity contribution in [2.75, 3.05) is 5.32 Å². The average molecular weight is 303 g/mol. The molecule has 1 aliphatic rings. The van der Waals surface area contributed by atoms with E-state index in [0.717, 1.165) is 42.2 Å². The minimum atomic E-state index is -2.42. The van der Waals surface area contributed by atoms with Crippen molar-refractivity contribution in [2.45, 2.75) is 45.6 Å². The summed E-state index contributed by atoms with van der Waals surface area (Å²) in [5, 5.41) is 3.34. The molecule has 1 aliphatic carbocycles. The highest BCUT2D eigenvalue weighted by Gasteiger charge is 2.16. The maximum Gasteiger partial charge on any atom is 0.263 e. The highest BCUT2D eigenvalue weighted by Crippen LogP contribution is 2.26. The lowest BCUT2D eigenvalue weighted by Crippen LogP contribution is -2.13. The van der Waals surface area contributed by atoms with Crippen molar-refractivity contribution in [2.24, 2.45) is 0 Å². The van der Waals surface area contributed by atoms with Crippen LogP contribution in [0.2, 0.25) is 0 Å². The molecule has 2 aromatic rings. The molecular formula is C17H19F2N3. The Morgan fingerprint density at radius 2 is 1.82 bits per heavy atom. The van der Waals surface area contributed by atoms with Crippen LogP contribution in [-0.2, 0) is 19.4 Å². The molecule has 0 saturated carbocycles. The van der Waals surface area contributed by atoms with Crippen LogP contribution in [0.1, 0.15) is 47.5 Å². The van der Waals surface area contributed by atoms with Gasteiger partial charge in [0.1, 0.15) is 11.6 Å². The number of aryl methyl sites for hydroxylation is 2. The Bertz CT molecular complexity index is 654. The van der Waals surface area contributed by atoms with Crippen LogP contribution in [0.4, 0.5) is 14.6 Å². The molecule has 0 saturated heterocycles. The van der Waals surface area contributed by atoms with Crippen LogP contribution in [0.5, 0.6) is 0 Å². The number of anilines is 1. The van der Waals surface area contributed by atoms with Crippen molar-refractivity contribution in [3.63, 3.8) is 0 Å². The summed E-state index contributed by atoms with van der Waals surface area (Å²) >= 11 is 0. The fourth-order valence-corrected chi connectivity index (χ4v) is 2.83. The molecule has 0 amide bonds. The van der Waals surface area contributed by atoms with Gasteiger partial charge < -0.3 is 5.32 Å². The highest BCUT2D eigenvalue weighted by atomic mass is 19.3. The minimum absolute atomic E-state index is 0.0546. The highest BCUT2D eigenvalue weighted by molar-refractivity contribution is 5.48. The van der Waals surface area contributed by atoms with E-state index in [2.05, 4.69) is 15.3 Å². The minimum Gasteiger partial charge on any atom is -0.366 e. The van der Waals surface area contributed by atoms with Gasteiger partial charge in [0, 0.05) is 23.4 Å². The smallest absolute Gasteiger partial charge is 0.263 e. The van der Waals surface area contributed by atoms with Crippen LogP contribution in [0.3, 0.4) is 0 Å². The largest absolute Gasteiger partial charge is 0.366 e. The van der Waals surface area contributed by atoms with Crippen LogP contribution in [0.15, 0.2) is 24.3 Å². The lowest BCUT2D eigenvalue weighted by Gasteiger charge is -2.19. The third-order valence-corrected chi connectivity index (χ3v) is 3.99. The second-order valence-corrected chi connectivity index (χ2v) is 5.65. The zero-order valence-electron chi connectivity index (χ0n) is 12.6. The summed E-state index contributed by atoms with van der Waals surface area (Å²) in [6, 6.07) is 6.41. The van der Waals surface area contributed by atoms with Gasteiger partial charge in [-0.15, -0.1) is 0 Å². The molecule has 1 heterocycles. The predicted molar refractivity (Wildman–Crippen MR) is 82.1 cm³/mol. The van der Waals surface area contributed by atoms with E-state index in [9.17, 15) is 8.78 Å². The fourth-order valence-electron chi connectivity index (χ4n) is 2.83. The van der Waals surface area contributed by atoms with Crippen molar-refractivity contribution in [1.29, 1.82) is 0 Å². The number of hydrogen-bond donors (Lipinski definition) is 1. The third-order valence-electron chi connectivity index (χ3n) is 3.99. The van der Waals surface area contributed by atoms with E-state index in [4.69, 9.17) is 0 Å². The van der Waals surface area contributed by atoms with Crippen molar-refractivity contribution in [3.05, 3.63) is 52.5 Å². The van der Waals surface area contributed by atoms with E-state index >= 15 is 0 Å². The predicted octanol–water partition coefficient (Wildman–Crippen LogP) is 4.21. The van der Waals surface area contributed by atoms with Crippen LogP contribution < -0.4 is 5.32 Å². The fraction of sp³-hybridized carbons (Fsp3) is 0.412. The van der Waals surface area contributed by atoms with E-state index in [1.165, 1.54) is 24.1 Å². The van der Waals surface area contributed by atoms with E-state index in [-0.39, 0.29) is 5.56 Å². The summed E-state index contributed by atoms with van der Waals surface area (Å²) in [4.78, 5) is 9.03. The first kappa shape index (κ1) is 14.9. The van der Waals surface area contributed by atoms with Gasteiger partial charge in [0.25, 0.3) is 6.43 Å². The summed E-state index contributed by atoms with van der Waals surface area (Å²) in [7, 11) is 0. The van der Waals surface area contributed by atoms with Crippen LogP contribution in [0, 0.1) is 6.92 Å².